The van der Waals surface area contributed by atoms with Crippen LogP contribution in [0.5, 0.6) is 0 Å². The minimum absolute atomic E-state index is 0.0311. The fourth-order valence-electron chi connectivity index (χ4n) is 11.0. The normalized spacial score (nSPS) is 14.5. The third-order valence-electron chi connectivity index (χ3n) is 13.8. The predicted octanol–water partition coefficient (Wildman–Crippen LogP) is 15.9. The zero-order chi connectivity index (χ0) is 38.9. The Kier molecular flexibility index (Phi) is 6.84. The lowest BCUT2D eigenvalue weighted by Gasteiger charge is -2.24. The second kappa shape index (κ2) is 11.9. The molecule has 274 valence electrons. The van der Waals surface area contributed by atoms with E-state index in [0.717, 1.165) is 0 Å². The summed E-state index contributed by atoms with van der Waals surface area (Å²) in [7, 11) is 0. The van der Waals surface area contributed by atoms with E-state index in [4.69, 9.17) is 0 Å². The molecule has 58 heavy (non-hydrogen) atoms. The van der Waals surface area contributed by atoms with Crippen LogP contribution < -0.4 is 0 Å². The molecule has 0 heteroatoms. The molecule has 0 aliphatic heterocycles. The van der Waals surface area contributed by atoms with Crippen molar-refractivity contribution in [3.63, 3.8) is 0 Å². The van der Waals surface area contributed by atoms with Gasteiger partial charge in [-0.15, -0.1) is 0 Å². The van der Waals surface area contributed by atoms with Crippen molar-refractivity contribution in [3.8, 4) is 55.6 Å². The zero-order valence-corrected chi connectivity index (χ0v) is 33.3. The van der Waals surface area contributed by atoms with Gasteiger partial charge in [-0.2, -0.15) is 0 Å². The van der Waals surface area contributed by atoms with E-state index in [2.05, 4.69) is 210 Å². The van der Waals surface area contributed by atoms with Crippen molar-refractivity contribution < 1.29 is 0 Å². The maximum absolute atomic E-state index is 2.52. The summed E-state index contributed by atoms with van der Waals surface area (Å²) in [6, 6.07) is 68.7. The third-order valence-corrected chi connectivity index (χ3v) is 13.8. The van der Waals surface area contributed by atoms with Gasteiger partial charge in [0.2, 0.25) is 0 Å². The van der Waals surface area contributed by atoms with Crippen LogP contribution in [0.2, 0.25) is 0 Å². The van der Waals surface area contributed by atoms with E-state index in [9.17, 15) is 0 Å². The van der Waals surface area contributed by atoms with E-state index in [-0.39, 0.29) is 10.8 Å². The van der Waals surface area contributed by atoms with Crippen molar-refractivity contribution in [3.05, 3.63) is 204 Å². The summed E-state index contributed by atoms with van der Waals surface area (Å²) in [5.74, 6) is 0. The average Bonchev–Trinajstić information content (AvgIpc) is 3.63. The van der Waals surface area contributed by atoms with Gasteiger partial charge in [-0.3, -0.25) is 0 Å². The van der Waals surface area contributed by atoms with Gasteiger partial charge in [-0.1, -0.05) is 185 Å². The van der Waals surface area contributed by atoms with E-state index < -0.39 is 0 Å². The van der Waals surface area contributed by atoms with Crippen LogP contribution in [-0.4, -0.2) is 0 Å². The minimum Gasteiger partial charge on any atom is -0.0619 e. The maximum atomic E-state index is 2.52. The van der Waals surface area contributed by atoms with Crippen LogP contribution in [0.3, 0.4) is 0 Å². The summed E-state index contributed by atoms with van der Waals surface area (Å²) in [6.07, 6.45) is 0. The van der Waals surface area contributed by atoms with Gasteiger partial charge in [0.05, 0.1) is 0 Å². The smallest absolute Gasteiger partial charge is 0.0159 e. The molecule has 10 aromatic rings. The number of rotatable bonds is 3. The van der Waals surface area contributed by atoms with Crippen LogP contribution in [0.1, 0.15) is 49.9 Å². The molecule has 0 bridgehead atoms. The quantitative estimate of drug-likeness (QED) is 0.125. The molecule has 0 atom stereocenters. The highest BCUT2D eigenvalue weighted by Crippen LogP contribution is 2.57. The number of fused-ring (bicyclic) bond motifs is 11. The molecule has 0 N–H and O–H groups in total. The highest BCUT2D eigenvalue weighted by Gasteiger charge is 2.41. The molecule has 0 saturated carbocycles. The lowest BCUT2D eigenvalue weighted by atomic mass is 9.78. The second-order valence-corrected chi connectivity index (χ2v) is 17.6. The Morgan fingerprint density at radius 1 is 0.259 bits per heavy atom. The van der Waals surface area contributed by atoms with Crippen LogP contribution >= 0.6 is 0 Å². The molecule has 0 saturated heterocycles. The lowest BCUT2D eigenvalue weighted by molar-refractivity contribution is 0.652. The highest BCUT2D eigenvalue weighted by atomic mass is 14.4. The molecule has 2 aliphatic carbocycles. The van der Waals surface area contributed by atoms with E-state index in [0.29, 0.717) is 0 Å². The molecule has 0 amide bonds. The van der Waals surface area contributed by atoms with E-state index in [1.54, 1.807) is 0 Å². The molecule has 10 aromatic carbocycles. The fourth-order valence-corrected chi connectivity index (χ4v) is 11.0. The van der Waals surface area contributed by atoms with Gasteiger partial charge >= 0.3 is 0 Å². The Morgan fingerprint density at radius 3 is 1.43 bits per heavy atom. The molecule has 12 rings (SSSR count). The molecular formula is C58H42. The topological polar surface area (TPSA) is 0 Å². The summed E-state index contributed by atoms with van der Waals surface area (Å²) in [5, 5.41) is 10.3. The molecule has 0 aromatic heterocycles. The van der Waals surface area contributed by atoms with Gasteiger partial charge in [0.15, 0.2) is 0 Å². The monoisotopic (exact) mass is 738 g/mol. The predicted molar refractivity (Wildman–Crippen MR) is 248 cm³/mol. The first-order valence-electron chi connectivity index (χ1n) is 20.7. The first-order valence-corrected chi connectivity index (χ1v) is 20.7. The van der Waals surface area contributed by atoms with Crippen molar-refractivity contribution in [2.75, 3.05) is 0 Å². The van der Waals surface area contributed by atoms with Crippen molar-refractivity contribution in [1.29, 1.82) is 0 Å². The van der Waals surface area contributed by atoms with Crippen LogP contribution in [0.4, 0.5) is 0 Å². The van der Waals surface area contributed by atoms with Crippen LogP contribution in [0.15, 0.2) is 182 Å². The number of benzene rings is 10. The molecule has 0 nitrogen and oxygen atoms in total. The summed E-state index contributed by atoms with van der Waals surface area (Å²) >= 11 is 0. The van der Waals surface area contributed by atoms with Gasteiger partial charge in [-0.25, -0.2) is 0 Å². The minimum atomic E-state index is -0.142. The lowest BCUT2D eigenvalue weighted by Crippen LogP contribution is -2.17. The maximum Gasteiger partial charge on any atom is 0.0159 e. The van der Waals surface area contributed by atoms with Crippen molar-refractivity contribution in [2.45, 2.75) is 38.5 Å². The molecular weight excluding hydrogens is 697 g/mol. The Morgan fingerprint density at radius 2 is 0.741 bits per heavy atom. The summed E-state index contributed by atoms with van der Waals surface area (Å²) in [5.41, 5.74) is 18.6. The largest absolute Gasteiger partial charge is 0.0619 e. The van der Waals surface area contributed by atoms with Crippen molar-refractivity contribution in [1.82, 2.24) is 0 Å². The molecule has 0 unspecified atom stereocenters. The Bertz CT molecular complexity index is 3330. The van der Waals surface area contributed by atoms with E-state index in [1.165, 1.54) is 121 Å². The Hall–Kier alpha value is -6.76. The Labute approximate surface area is 340 Å². The van der Waals surface area contributed by atoms with E-state index in [1.807, 2.05) is 0 Å². The SMILES string of the molecule is CC1(C)c2ccccc2-c2cc3c(cc21)-c1ccc(-c2c4ccccc4c(-c4cccc(-c5cccc6c5ccc5ccccc56)c4)c4ccccc24)cc1C3(C)C. The van der Waals surface area contributed by atoms with Crippen LogP contribution in [-0.2, 0) is 10.8 Å². The fraction of sp³-hybridized carbons (Fsp3) is 0.103. The first-order chi connectivity index (χ1) is 28.3. The van der Waals surface area contributed by atoms with Gasteiger partial charge in [0.25, 0.3) is 0 Å². The highest BCUT2D eigenvalue weighted by molar-refractivity contribution is 6.22. The molecule has 0 radical (unpaired) electrons. The zero-order valence-electron chi connectivity index (χ0n) is 33.3. The number of hydrogen-bond acceptors (Lipinski definition) is 0. The molecule has 0 fully saturated rings. The average molecular weight is 739 g/mol. The molecule has 0 spiro atoms. The van der Waals surface area contributed by atoms with Gasteiger partial charge in [0, 0.05) is 10.8 Å². The second-order valence-electron chi connectivity index (χ2n) is 17.6. The van der Waals surface area contributed by atoms with Crippen molar-refractivity contribution in [2.24, 2.45) is 0 Å². The third kappa shape index (κ3) is 4.52. The standard InChI is InChI=1S/C58H42/c1-57(2)51-26-12-11-19-43(51)49-33-54-50(34-53(49)57)44-30-28-38(32-52(44)58(54,3)4)56-47-22-9-7-20-45(47)55(46-21-8-10-23-48(46)56)37-17-13-16-36(31-37)40-24-14-25-41-39-18-6-5-15-35(39)27-29-42(40)41/h5-34H,1-4H3. The summed E-state index contributed by atoms with van der Waals surface area (Å²) in [4.78, 5) is 0. The van der Waals surface area contributed by atoms with Gasteiger partial charge in [-0.05, 0) is 145 Å². The van der Waals surface area contributed by atoms with Gasteiger partial charge < -0.3 is 0 Å². The number of hydrogen-bond donors (Lipinski definition) is 0. The van der Waals surface area contributed by atoms with Crippen molar-refractivity contribution >= 4 is 43.1 Å². The first kappa shape index (κ1) is 33.4. The van der Waals surface area contributed by atoms with Gasteiger partial charge in [0.1, 0.15) is 0 Å². The Balaban J connectivity index is 1.03. The van der Waals surface area contributed by atoms with Crippen LogP contribution in [0, 0.1) is 0 Å². The summed E-state index contributed by atoms with van der Waals surface area (Å²) in [6.45, 7) is 9.61. The summed E-state index contributed by atoms with van der Waals surface area (Å²) < 4.78 is 0. The van der Waals surface area contributed by atoms with E-state index >= 15 is 0 Å². The molecule has 0 heterocycles. The van der Waals surface area contributed by atoms with Crippen LogP contribution in [0.25, 0.3) is 98.7 Å². The molecule has 2 aliphatic rings.